The predicted octanol–water partition coefficient (Wildman–Crippen LogP) is 12.2. The summed E-state index contributed by atoms with van der Waals surface area (Å²) in [6.07, 6.45) is 0. The molecule has 1 aliphatic heterocycles. The van der Waals surface area contributed by atoms with Gasteiger partial charge in [0.1, 0.15) is 0 Å². The van der Waals surface area contributed by atoms with E-state index in [1.54, 1.807) is 0 Å². The van der Waals surface area contributed by atoms with Gasteiger partial charge in [0.15, 0.2) is 0 Å². The van der Waals surface area contributed by atoms with Crippen molar-refractivity contribution in [1.29, 1.82) is 0 Å². The zero-order valence-electron chi connectivity index (χ0n) is 25.2. The van der Waals surface area contributed by atoms with Crippen molar-refractivity contribution < 1.29 is 0 Å². The van der Waals surface area contributed by atoms with Crippen LogP contribution in [0.15, 0.2) is 188 Å². The fourth-order valence-electron chi connectivity index (χ4n) is 6.23. The second-order valence-electron chi connectivity index (χ2n) is 11.3. The molecule has 1 N–H and O–H groups in total. The summed E-state index contributed by atoms with van der Waals surface area (Å²) >= 11 is 0. The van der Waals surface area contributed by atoms with Gasteiger partial charge in [-0.2, -0.15) is 0 Å². The number of anilines is 11. The molecule has 0 atom stereocenters. The maximum Gasteiger partial charge on any atom is 0.0482 e. The van der Waals surface area contributed by atoms with Crippen molar-refractivity contribution in [3.63, 3.8) is 0 Å². The molecular weight excluding hydrogens is 560 g/mol. The smallest absolute Gasteiger partial charge is 0.0482 e. The summed E-state index contributed by atoms with van der Waals surface area (Å²) in [6, 6.07) is 66.5. The molecule has 0 radical (unpaired) electrons. The van der Waals surface area contributed by atoms with Gasteiger partial charge in [-0.05, 0) is 109 Å². The third-order valence-corrected chi connectivity index (χ3v) is 8.23. The van der Waals surface area contributed by atoms with Gasteiger partial charge in [-0.3, -0.25) is 0 Å². The number of benzene rings is 7. The molecule has 7 aromatic carbocycles. The Kier molecular flexibility index (Phi) is 7.14. The number of hydrogen-bond donors (Lipinski definition) is 1. The highest BCUT2D eigenvalue weighted by Gasteiger charge is 2.20. The molecule has 4 heteroatoms. The second-order valence-corrected chi connectivity index (χ2v) is 11.3. The van der Waals surface area contributed by atoms with E-state index >= 15 is 0 Å². The van der Waals surface area contributed by atoms with Crippen LogP contribution in [0.2, 0.25) is 0 Å². The van der Waals surface area contributed by atoms with Gasteiger partial charge in [0.2, 0.25) is 0 Å². The van der Waals surface area contributed by atoms with Gasteiger partial charge in [0, 0.05) is 62.6 Å². The van der Waals surface area contributed by atoms with Crippen molar-refractivity contribution in [3.8, 4) is 0 Å². The van der Waals surface area contributed by atoms with Gasteiger partial charge in [-0.25, -0.2) is 0 Å². The Morgan fingerprint density at radius 1 is 0.239 bits per heavy atom. The lowest BCUT2D eigenvalue weighted by Gasteiger charge is -2.31. The first-order chi connectivity index (χ1) is 22.8. The minimum atomic E-state index is 1.01. The monoisotopic (exact) mass is 592 g/mol. The van der Waals surface area contributed by atoms with Crippen LogP contribution in [0.25, 0.3) is 0 Å². The fourth-order valence-corrected chi connectivity index (χ4v) is 6.23. The average molecular weight is 593 g/mol. The number of para-hydroxylation sites is 3. The SMILES string of the molecule is c1ccc(N2c3cccc(c3)Nc3cccc(c3)N(c3ccccc3)c3cccc(c3)N(c3ccccc3)c3cccc2c3)cc1. The minimum Gasteiger partial charge on any atom is -0.355 e. The molecule has 1 heterocycles. The molecule has 220 valence electrons. The first kappa shape index (κ1) is 27.3. The molecule has 7 aromatic rings. The standard InChI is InChI=1S/C42H32N4/c1-4-16-34(17-5-1)44-37-22-10-14-32(28-37)43-33-15-11-23-38(29-33)45(35-18-6-2-7-19-35)40-25-13-27-42(31-40)46(36-20-8-3-9-21-36)41-26-12-24-39(44)30-41/h1-31,43H. The second kappa shape index (κ2) is 12.0. The lowest BCUT2D eigenvalue weighted by atomic mass is 10.1. The third-order valence-electron chi connectivity index (χ3n) is 8.23. The summed E-state index contributed by atoms with van der Waals surface area (Å²) in [7, 11) is 0. The maximum atomic E-state index is 3.69. The van der Waals surface area contributed by atoms with Gasteiger partial charge in [0.25, 0.3) is 0 Å². The first-order valence-electron chi connectivity index (χ1n) is 15.5. The Bertz CT molecular complexity index is 1960. The zero-order chi connectivity index (χ0) is 30.7. The van der Waals surface area contributed by atoms with Crippen molar-refractivity contribution in [2.45, 2.75) is 0 Å². The van der Waals surface area contributed by atoms with Crippen LogP contribution in [0.3, 0.4) is 0 Å². The van der Waals surface area contributed by atoms with E-state index in [-0.39, 0.29) is 0 Å². The molecule has 0 spiro atoms. The van der Waals surface area contributed by atoms with Gasteiger partial charge in [-0.15, -0.1) is 0 Å². The lowest BCUT2D eigenvalue weighted by molar-refractivity contribution is 1.23. The van der Waals surface area contributed by atoms with E-state index in [9.17, 15) is 0 Å². The number of hydrogen-bond acceptors (Lipinski definition) is 4. The van der Waals surface area contributed by atoms with Crippen LogP contribution in [0.5, 0.6) is 0 Å². The Balaban J connectivity index is 1.40. The summed E-state index contributed by atoms with van der Waals surface area (Å²) in [5.74, 6) is 0. The highest BCUT2D eigenvalue weighted by Crippen LogP contribution is 2.43. The molecular formula is C42H32N4. The van der Waals surface area contributed by atoms with Crippen LogP contribution in [0.1, 0.15) is 0 Å². The number of nitrogens with one attached hydrogen (secondary N) is 1. The molecule has 1 aliphatic rings. The normalized spacial score (nSPS) is 12.4. The third kappa shape index (κ3) is 5.33. The van der Waals surface area contributed by atoms with E-state index in [0.29, 0.717) is 0 Å². The van der Waals surface area contributed by atoms with Crippen LogP contribution in [-0.2, 0) is 0 Å². The van der Waals surface area contributed by atoms with Crippen LogP contribution < -0.4 is 20.0 Å². The van der Waals surface area contributed by atoms with E-state index in [1.807, 2.05) is 0 Å². The van der Waals surface area contributed by atoms with E-state index < -0.39 is 0 Å². The summed E-state index contributed by atoms with van der Waals surface area (Å²) < 4.78 is 0. The Hall–Kier alpha value is -6.26. The van der Waals surface area contributed by atoms with Crippen molar-refractivity contribution in [2.24, 2.45) is 0 Å². The highest BCUT2D eigenvalue weighted by molar-refractivity contribution is 5.87. The fraction of sp³-hybridized carbons (Fsp3) is 0. The molecule has 0 fully saturated rings. The lowest BCUT2D eigenvalue weighted by Crippen LogP contribution is -2.15. The number of nitrogens with zero attached hydrogens (tertiary/aromatic N) is 3. The molecule has 0 saturated heterocycles. The van der Waals surface area contributed by atoms with Gasteiger partial charge < -0.3 is 20.0 Å². The Labute approximate surface area is 270 Å². The summed E-state index contributed by atoms with van der Waals surface area (Å²) in [6.45, 7) is 0. The molecule has 8 bridgehead atoms. The van der Waals surface area contributed by atoms with Crippen LogP contribution in [-0.4, -0.2) is 0 Å². The molecule has 0 saturated carbocycles. The molecule has 4 nitrogen and oxygen atoms in total. The summed E-state index contributed by atoms with van der Waals surface area (Å²) in [4.78, 5) is 6.96. The molecule has 0 amide bonds. The van der Waals surface area contributed by atoms with Crippen molar-refractivity contribution in [3.05, 3.63) is 188 Å². The van der Waals surface area contributed by atoms with Gasteiger partial charge in [-0.1, -0.05) is 78.9 Å². The predicted molar refractivity (Wildman–Crippen MR) is 194 cm³/mol. The topological polar surface area (TPSA) is 21.8 Å². The quantitative estimate of drug-likeness (QED) is 0.220. The molecule has 8 rings (SSSR count). The number of rotatable bonds is 3. The van der Waals surface area contributed by atoms with Crippen molar-refractivity contribution in [1.82, 2.24) is 0 Å². The molecule has 46 heavy (non-hydrogen) atoms. The van der Waals surface area contributed by atoms with E-state index in [4.69, 9.17) is 0 Å². The highest BCUT2D eigenvalue weighted by atomic mass is 15.2. The largest absolute Gasteiger partial charge is 0.355 e. The maximum absolute atomic E-state index is 3.69. The Morgan fingerprint density at radius 3 is 0.826 bits per heavy atom. The van der Waals surface area contributed by atoms with E-state index in [0.717, 1.165) is 62.6 Å². The van der Waals surface area contributed by atoms with Crippen LogP contribution >= 0.6 is 0 Å². The van der Waals surface area contributed by atoms with Gasteiger partial charge in [0.05, 0.1) is 0 Å². The Morgan fingerprint density at radius 2 is 0.500 bits per heavy atom. The van der Waals surface area contributed by atoms with Crippen molar-refractivity contribution >= 4 is 62.6 Å². The summed E-state index contributed by atoms with van der Waals surface area (Å²) in [5.41, 5.74) is 11.7. The van der Waals surface area contributed by atoms with Crippen LogP contribution in [0.4, 0.5) is 62.6 Å². The van der Waals surface area contributed by atoms with Crippen LogP contribution in [0, 0.1) is 0 Å². The average Bonchev–Trinajstić information content (AvgIpc) is 3.11. The minimum absolute atomic E-state index is 1.01. The first-order valence-corrected chi connectivity index (χ1v) is 15.5. The number of fused-ring (bicyclic) bond motifs is 8. The zero-order valence-corrected chi connectivity index (χ0v) is 25.2. The van der Waals surface area contributed by atoms with E-state index in [2.05, 4.69) is 208 Å². The van der Waals surface area contributed by atoms with E-state index in [1.165, 1.54) is 0 Å². The van der Waals surface area contributed by atoms with Crippen molar-refractivity contribution in [2.75, 3.05) is 20.0 Å². The molecule has 0 aromatic heterocycles. The molecule has 0 unspecified atom stereocenters. The summed E-state index contributed by atoms with van der Waals surface area (Å²) in [5, 5.41) is 3.69. The molecule has 0 aliphatic carbocycles. The van der Waals surface area contributed by atoms with Gasteiger partial charge >= 0.3 is 0 Å².